The number of Topliss-reactive ketones (excluding diaryl/α,β-unsaturated/α-hetero) is 1. The number of nitrogens with zero attached hydrogens (tertiary/aromatic N) is 2. The number of benzene rings is 3. The first-order chi connectivity index (χ1) is 17.8. The Hall–Kier alpha value is -3.81. The SMILES string of the molecule is COc1ccc(/C(O)=C2\C(=O)C(=O)N(CCN(C)C)C2c2cccc(OCc3ccccc3)c2)cc1Cl. The zero-order chi connectivity index (χ0) is 26.5. The summed E-state index contributed by atoms with van der Waals surface area (Å²) < 4.78 is 11.2. The number of aliphatic hydroxyl groups is 1. The normalized spacial score (nSPS) is 16.9. The molecule has 192 valence electrons. The Kier molecular flexibility index (Phi) is 8.16. The molecular weight excluding hydrogens is 492 g/mol. The fourth-order valence-electron chi connectivity index (χ4n) is 4.25. The Morgan fingerprint density at radius 1 is 1.03 bits per heavy atom. The lowest BCUT2D eigenvalue weighted by Crippen LogP contribution is -2.35. The average Bonchev–Trinajstić information content (AvgIpc) is 3.16. The van der Waals surface area contributed by atoms with E-state index in [9.17, 15) is 14.7 Å². The van der Waals surface area contributed by atoms with Crippen LogP contribution in [-0.4, -0.2) is 60.9 Å². The number of aliphatic hydroxyl groups excluding tert-OH is 1. The van der Waals surface area contributed by atoms with Crippen LogP contribution in [-0.2, 0) is 16.2 Å². The topological polar surface area (TPSA) is 79.3 Å². The van der Waals surface area contributed by atoms with Crippen molar-refractivity contribution in [1.82, 2.24) is 9.80 Å². The van der Waals surface area contributed by atoms with Crippen LogP contribution in [0, 0.1) is 0 Å². The molecule has 0 aromatic heterocycles. The second-order valence-electron chi connectivity index (χ2n) is 8.99. The van der Waals surface area contributed by atoms with Crippen LogP contribution in [0.2, 0.25) is 5.02 Å². The molecule has 1 amide bonds. The lowest BCUT2D eigenvalue weighted by molar-refractivity contribution is -0.140. The van der Waals surface area contributed by atoms with Crippen molar-refractivity contribution in [3.05, 3.63) is 100 Å². The van der Waals surface area contributed by atoms with Crippen LogP contribution in [0.15, 0.2) is 78.4 Å². The van der Waals surface area contributed by atoms with E-state index in [1.807, 2.05) is 67.5 Å². The maximum absolute atomic E-state index is 13.3. The molecule has 0 aliphatic carbocycles. The quantitative estimate of drug-likeness (QED) is 0.245. The lowest BCUT2D eigenvalue weighted by Gasteiger charge is -2.27. The molecule has 0 spiro atoms. The maximum atomic E-state index is 13.3. The van der Waals surface area contributed by atoms with Gasteiger partial charge in [0.2, 0.25) is 0 Å². The minimum absolute atomic E-state index is 0.00481. The molecule has 1 fully saturated rings. The number of carbonyl (C=O) groups excluding carboxylic acids is 2. The van der Waals surface area contributed by atoms with Gasteiger partial charge in [0.1, 0.15) is 23.9 Å². The number of amides is 1. The van der Waals surface area contributed by atoms with Crippen molar-refractivity contribution in [3.63, 3.8) is 0 Å². The molecule has 3 aromatic carbocycles. The van der Waals surface area contributed by atoms with Crippen LogP contribution in [0.25, 0.3) is 5.76 Å². The van der Waals surface area contributed by atoms with E-state index in [1.165, 1.54) is 18.1 Å². The molecular formula is C29H29ClN2O5. The van der Waals surface area contributed by atoms with Crippen LogP contribution in [0.3, 0.4) is 0 Å². The third kappa shape index (κ3) is 5.79. The van der Waals surface area contributed by atoms with Crippen LogP contribution in [0.1, 0.15) is 22.7 Å². The first kappa shape index (κ1) is 26.3. The first-order valence-corrected chi connectivity index (χ1v) is 12.2. The smallest absolute Gasteiger partial charge is 0.295 e. The number of hydrogen-bond donors (Lipinski definition) is 1. The summed E-state index contributed by atoms with van der Waals surface area (Å²) in [6.45, 7) is 1.22. The molecule has 1 atom stereocenters. The highest BCUT2D eigenvalue weighted by molar-refractivity contribution is 6.46. The van der Waals surface area contributed by atoms with E-state index in [-0.39, 0.29) is 16.4 Å². The molecule has 7 nitrogen and oxygen atoms in total. The van der Waals surface area contributed by atoms with E-state index in [2.05, 4.69) is 0 Å². The van der Waals surface area contributed by atoms with E-state index in [0.717, 1.165) is 5.56 Å². The molecule has 0 radical (unpaired) electrons. The Bertz CT molecular complexity index is 1320. The van der Waals surface area contributed by atoms with Crippen molar-refractivity contribution in [3.8, 4) is 11.5 Å². The van der Waals surface area contributed by atoms with Gasteiger partial charge in [0.15, 0.2) is 0 Å². The van der Waals surface area contributed by atoms with Crippen molar-refractivity contribution in [2.75, 3.05) is 34.3 Å². The van der Waals surface area contributed by atoms with E-state index in [4.69, 9.17) is 21.1 Å². The number of likely N-dealkylation sites (tertiary alicyclic amines) is 1. The monoisotopic (exact) mass is 520 g/mol. The van der Waals surface area contributed by atoms with Crippen molar-refractivity contribution in [1.29, 1.82) is 0 Å². The third-order valence-electron chi connectivity index (χ3n) is 6.18. The summed E-state index contributed by atoms with van der Waals surface area (Å²) in [6.07, 6.45) is 0. The zero-order valence-electron chi connectivity index (χ0n) is 21.0. The number of ether oxygens (including phenoxy) is 2. The molecule has 37 heavy (non-hydrogen) atoms. The molecule has 3 aromatic rings. The molecule has 1 N–H and O–H groups in total. The maximum Gasteiger partial charge on any atom is 0.295 e. The van der Waals surface area contributed by atoms with Gasteiger partial charge in [0, 0.05) is 18.7 Å². The van der Waals surface area contributed by atoms with Crippen LogP contribution in [0.4, 0.5) is 0 Å². The Morgan fingerprint density at radius 2 is 1.78 bits per heavy atom. The third-order valence-corrected chi connectivity index (χ3v) is 6.47. The fraction of sp³-hybridized carbons (Fsp3) is 0.241. The minimum atomic E-state index is -0.791. The predicted octanol–water partition coefficient (Wildman–Crippen LogP) is 4.91. The van der Waals surface area contributed by atoms with Crippen LogP contribution < -0.4 is 9.47 Å². The summed E-state index contributed by atoms with van der Waals surface area (Å²) in [5.74, 6) is -0.681. The van der Waals surface area contributed by atoms with Gasteiger partial charge in [-0.15, -0.1) is 0 Å². The van der Waals surface area contributed by atoms with Crippen molar-refractivity contribution >= 4 is 29.1 Å². The highest BCUT2D eigenvalue weighted by atomic mass is 35.5. The summed E-state index contributed by atoms with van der Waals surface area (Å²) in [4.78, 5) is 29.8. The molecule has 1 saturated heterocycles. The summed E-state index contributed by atoms with van der Waals surface area (Å²) in [5, 5.41) is 11.6. The molecule has 1 unspecified atom stereocenters. The standard InChI is InChI=1S/C29H29ClN2O5/c1-31(2)14-15-32-26(20-10-7-11-22(16-20)37-18-19-8-5-4-6-9-19)25(28(34)29(32)35)27(33)21-12-13-24(36-3)23(30)17-21/h4-13,16-17,26,33H,14-15,18H2,1-3H3/b27-25+. The van der Waals surface area contributed by atoms with Gasteiger partial charge in [-0.25, -0.2) is 0 Å². The summed E-state index contributed by atoms with van der Waals surface area (Å²) >= 11 is 6.28. The first-order valence-electron chi connectivity index (χ1n) is 11.8. The number of ketones is 1. The molecule has 1 aliphatic rings. The van der Waals surface area contributed by atoms with Crippen molar-refractivity contribution in [2.24, 2.45) is 0 Å². The highest BCUT2D eigenvalue weighted by Gasteiger charge is 2.46. The molecule has 0 bridgehead atoms. The fourth-order valence-corrected chi connectivity index (χ4v) is 4.51. The summed E-state index contributed by atoms with van der Waals surface area (Å²) in [7, 11) is 5.27. The van der Waals surface area contributed by atoms with Gasteiger partial charge in [0.25, 0.3) is 11.7 Å². The Labute approximate surface area is 221 Å². The molecule has 1 heterocycles. The number of halogens is 1. The number of methoxy groups -OCH3 is 1. The minimum Gasteiger partial charge on any atom is -0.507 e. The average molecular weight is 521 g/mol. The second kappa shape index (κ2) is 11.5. The van der Waals surface area contributed by atoms with Gasteiger partial charge >= 0.3 is 0 Å². The Morgan fingerprint density at radius 3 is 2.46 bits per heavy atom. The molecule has 0 saturated carbocycles. The molecule has 1 aliphatic heterocycles. The summed E-state index contributed by atoms with van der Waals surface area (Å²) in [5.41, 5.74) is 1.99. The molecule has 4 rings (SSSR count). The number of hydrogen-bond acceptors (Lipinski definition) is 6. The van der Waals surface area contributed by atoms with E-state index < -0.39 is 17.7 Å². The highest BCUT2D eigenvalue weighted by Crippen LogP contribution is 2.41. The number of likely N-dealkylation sites (N-methyl/N-ethyl adjacent to an activating group) is 1. The van der Waals surface area contributed by atoms with Crippen LogP contribution in [0.5, 0.6) is 11.5 Å². The zero-order valence-corrected chi connectivity index (χ0v) is 21.7. The largest absolute Gasteiger partial charge is 0.507 e. The van der Waals surface area contributed by atoms with Gasteiger partial charge in [-0.2, -0.15) is 0 Å². The summed E-state index contributed by atoms with van der Waals surface area (Å²) in [6, 6.07) is 21.0. The predicted molar refractivity (Wildman–Crippen MR) is 143 cm³/mol. The van der Waals surface area contributed by atoms with Crippen molar-refractivity contribution in [2.45, 2.75) is 12.6 Å². The lowest BCUT2D eigenvalue weighted by atomic mass is 9.95. The van der Waals surface area contributed by atoms with Gasteiger partial charge in [-0.1, -0.05) is 54.1 Å². The van der Waals surface area contributed by atoms with Gasteiger partial charge < -0.3 is 24.4 Å². The second-order valence-corrected chi connectivity index (χ2v) is 9.40. The van der Waals surface area contributed by atoms with E-state index in [0.29, 0.717) is 42.3 Å². The van der Waals surface area contributed by atoms with Gasteiger partial charge in [-0.05, 0) is 55.6 Å². The Balaban J connectivity index is 1.75. The van der Waals surface area contributed by atoms with E-state index >= 15 is 0 Å². The number of rotatable bonds is 9. The van der Waals surface area contributed by atoms with E-state index in [1.54, 1.807) is 18.2 Å². The molecule has 8 heteroatoms. The van der Waals surface area contributed by atoms with Gasteiger partial charge in [-0.3, -0.25) is 9.59 Å². The van der Waals surface area contributed by atoms with Crippen molar-refractivity contribution < 1.29 is 24.2 Å². The number of carbonyl (C=O) groups is 2. The van der Waals surface area contributed by atoms with Crippen LogP contribution >= 0.6 is 11.6 Å². The van der Waals surface area contributed by atoms with Gasteiger partial charge in [0.05, 0.1) is 23.7 Å².